The highest BCUT2D eigenvalue weighted by atomic mass is 32.2. The average molecular weight is 270 g/mol. The van der Waals surface area contributed by atoms with Gasteiger partial charge >= 0.3 is 0 Å². The molecule has 0 aliphatic heterocycles. The molecule has 0 aliphatic rings. The van der Waals surface area contributed by atoms with Crippen LogP contribution >= 0.6 is 11.8 Å². The molecule has 1 atom stereocenters. The Morgan fingerprint density at radius 1 is 1.56 bits per heavy atom. The first-order valence-electron chi connectivity index (χ1n) is 6.16. The summed E-state index contributed by atoms with van der Waals surface area (Å²) in [6.07, 6.45) is 8.85. The third-order valence-corrected chi connectivity index (χ3v) is 3.39. The van der Waals surface area contributed by atoms with E-state index in [4.69, 9.17) is 5.73 Å². The molecule has 5 nitrogen and oxygen atoms in total. The smallest absolute Gasteiger partial charge is 0.241 e. The van der Waals surface area contributed by atoms with Crippen molar-refractivity contribution in [3.05, 3.63) is 18.0 Å². The maximum absolute atomic E-state index is 11.8. The van der Waals surface area contributed by atoms with Crippen molar-refractivity contribution in [3.63, 3.8) is 0 Å². The molecule has 1 heterocycles. The number of hydrogen-bond acceptors (Lipinski definition) is 4. The van der Waals surface area contributed by atoms with E-state index in [-0.39, 0.29) is 5.91 Å². The van der Waals surface area contributed by atoms with Gasteiger partial charge in [0.05, 0.1) is 6.20 Å². The number of rotatable bonds is 8. The molecular formula is C12H22N4OS. The van der Waals surface area contributed by atoms with Crippen LogP contribution in [0.5, 0.6) is 0 Å². The summed E-state index contributed by atoms with van der Waals surface area (Å²) in [5.41, 5.74) is 6.59. The lowest BCUT2D eigenvalue weighted by Crippen LogP contribution is -2.34. The van der Waals surface area contributed by atoms with Gasteiger partial charge in [-0.1, -0.05) is 6.42 Å². The molecule has 0 spiro atoms. The van der Waals surface area contributed by atoms with Crippen LogP contribution in [0.1, 0.15) is 30.9 Å². The van der Waals surface area contributed by atoms with Gasteiger partial charge in [-0.05, 0) is 24.9 Å². The van der Waals surface area contributed by atoms with Crippen LogP contribution in [0.25, 0.3) is 0 Å². The van der Waals surface area contributed by atoms with Crippen LogP contribution in [-0.4, -0.2) is 34.2 Å². The molecule has 1 rings (SSSR count). The summed E-state index contributed by atoms with van der Waals surface area (Å²) in [6.45, 7) is 0.696. The minimum Gasteiger partial charge on any atom is -0.354 e. The molecule has 3 N–H and O–H groups in total. The van der Waals surface area contributed by atoms with E-state index in [0.717, 1.165) is 18.4 Å². The van der Waals surface area contributed by atoms with E-state index >= 15 is 0 Å². The Balaban J connectivity index is 2.20. The van der Waals surface area contributed by atoms with Crippen LogP contribution in [0.15, 0.2) is 12.4 Å². The number of thioether (sulfide) groups is 1. The van der Waals surface area contributed by atoms with Gasteiger partial charge in [-0.25, -0.2) is 0 Å². The second kappa shape index (κ2) is 8.16. The molecule has 1 amide bonds. The molecule has 0 aliphatic carbocycles. The first-order chi connectivity index (χ1) is 8.65. The van der Waals surface area contributed by atoms with Gasteiger partial charge in [0.1, 0.15) is 6.04 Å². The fourth-order valence-corrected chi connectivity index (χ4v) is 2.11. The minimum atomic E-state index is -0.620. The van der Waals surface area contributed by atoms with Crippen LogP contribution in [0.2, 0.25) is 0 Å². The molecule has 102 valence electrons. The largest absolute Gasteiger partial charge is 0.354 e. The Hall–Kier alpha value is -1.01. The molecule has 1 aromatic rings. The van der Waals surface area contributed by atoms with Crippen molar-refractivity contribution >= 4 is 17.7 Å². The fraction of sp³-hybridized carbons (Fsp3) is 0.667. The number of nitrogens with one attached hydrogen (secondary N) is 1. The van der Waals surface area contributed by atoms with E-state index in [9.17, 15) is 4.79 Å². The van der Waals surface area contributed by atoms with Crippen LogP contribution in [-0.2, 0) is 11.8 Å². The SMILES string of the molecule is CSCCCCCNC(=O)C(N)c1cnn(C)c1. The Kier molecular flexibility index (Phi) is 6.82. The standard InChI is InChI=1S/C12H22N4OS/c1-16-9-10(8-15-16)11(13)12(17)14-6-4-3-5-7-18-2/h8-9,11H,3-7,13H2,1-2H3,(H,14,17). The molecule has 0 saturated heterocycles. The molecule has 18 heavy (non-hydrogen) atoms. The summed E-state index contributed by atoms with van der Waals surface area (Å²) in [7, 11) is 1.81. The number of unbranched alkanes of at least 4 members (excludes halogenated alkanes) is 2. The van der Waals surface area contributed by atoms with Crippen LogP contribution in [0, 0.1) is 0 Å². The van der Waals surface area contributed by atoms with Crippen molar-refractivity contribution in [2.45, 2.75) is 25.3 Å². The summed E-state index contributed by atoms with van der Waals surface area (Å²) in [4.78, 5) is 11.8. The third kappa shape index (κ3) is 5.10. The highest BCUT2D eigenvalue weighted by Gasteiger charge is 2.16. The maximum atomic E-state index is 11.8. The summed E-state index contributed by atoms with van der Waals surface area (Å²) in [5, 5.41) is 6.86. The van der Waals surface area contributed by atoms with Crippen molar-refractivity contribution in [3.8, 4) is 0 Å². The number of nitrogens with two attached hydrogens (primary N) is 1. The van der Waals surface area contributed by atoms with Gasteiger partial charge in [0, 0.05) is 25.4 Å². The fourth-order valence-electron chi connectivity index (χ4n) is 1.62. The van der Waals surface area contributed by atoms with E-state index in [1.165, 1.54) is 12.2 Å². The van der Waals surface area contributed by atoms with E-state index in [1.54, 1.807) is 24.1 Å². The summed E-state index contributed by atoms with van der Waals surface area (Å²) >= 11 is 1.85. The van der Waals surface area contributed by atoms with Crippen molar-refractivity contribution in [2.24, 2.45) is 12.8 Å². The lowest BCUT2D eigenvalue weighted by molar-refractivity contribution is -0.122. The zero-order chi connectivity index (χ0) is 13.4. The zero-order valence-corrected chi connectivity index (χ0v) is 11.9. The predicted octanol–water partition coefficient (Wildman–Crippen LogP) is 1.07. The average Bonchev–Trinajstić information content (AvgIpc) is 2.79. The van der Waals surface area contributed by atoms with Gasteiger partial charge in [-0.15, -0.1) is 0 Å². The van der Waals surface area contributed by atoms with Crippen LogP contribution in [0.4, 0.5) is 0 Å². The normalized spacial score (nSPS) is 12.4. The maximum Gasteiger partial charge on any atom is 0.241 e. The van der Waals surface area contributed by atoms with E-state index < -0.39 is 6.04 Å². The molecule has 0 radical (unpaired) electrons. The first-order valence-corrected chi connectivity index (χ1v) is 7.55. The second-order valence-electron chi connectivity index (χ2n) is 4.27. The summed E-state index contributed by atoms with van der Waals surface area (Å²) in [5.74, 6) is 1.05. The molecule has 0 saturated carbocycles. The number of aromatic nitrogens is 2. The molecule has 6 heteroatoms. The first kappa shape index (κ1) is 15.0. The van der Waals surface area contributed by atoms with Gasteiger partial charge in [-0.2, -0.15) is 16.9 Å². The number of amides is 1. The number of nitrogens with zero attached hydrogens (tertiary/aromatic N) is 2. The molecule has 1 aromatic heterocycles. The zero-order valence-electron chi connectivity index (χ0n) is 11.1. The van der Waals surface area contributed by atoms with Crippen LogP contribution < -0.4 is 11.1 Å². The monoisotopic (exact) mass is 270 g/mol. The molecule has 0 bridgehead atoms. The van der Waals surface area contributed by atoms with E-state index in [2.05, 4.69) is 16.7 Å². The van der Waals surface area contributed by atoms with Crippen molar-refractivity contribution in [1.29, 1.82) is 0 Å². The summed E-state index contributed by atoms with van der Waals surface area (Å²) in [6, 6.07) is -0.620. The minimum absolute atomic E-state index is 0.132. The lowest BCUT2D eigenvalue weighted by atomic mass is 10.1. The van der Waals surface area contributed by atoms with Crippen molar-refractivity contribution in [2.75, 3.05) is 18.6 Å². The van der Waals surface area contributed by atoms with Crippen molar-refractivity contribution in [1.82, 2.24) is 15.1 Å². The Labute approximate surface area is 112 Å². The number of carbonyl (C=O) groups excluding carboxylic acids is 1. The van der Waals surface area contributed by atoms with Gasteiger partial charge in [0.15, 0.2) is 0 Å². The lowest BCUT2D eigenvalue weighted by Gasteiger charge is -2.10. The van der Waals surface area contributed by atoms with E-state index in [1.807, 2.05) is 11.8 Å². The van der Waals surface area contributed by atoms with Gasteiger partial charge < -0.3 is 11.1 Å². The number of aryl methyl sites for hydroxylation is 1. The molecule has 0 fully saturated rings. The number of carbonyl (C=O) groups is 1. The van der Waals surface area contributed by atoms with Gasteiger partial charge in [0.2, 0.25) is 5.91 Å². The quantitative estimate of drug-likeness (QED) is 0.693. The summed E-state index contributed by atoms with van der Waals surface area (Å²) < 4.78 is 1.64. The highest BCUT2D eigenvalue weighted by molar-refractivity contribution is 7.98. The highest BCUT2D eigenvalue weighted by Crippen LogP contribution is 2.08. The molecule has 1 unspecified atom stereocenters. The molecule has 0 aromatic carbocycles. The molecular weight excluding hydrogens is 248 g/mol. The van der Waals surface area contributed by atoms with Gasteiger partial charge in [-0.3, -0.25) is 9.48 Å². The second-order valence-corrected chi connectivity index (χ2v) is 5.26. The predicted molar refractivity (Wildman–Crippen MR) is 75.4 cm³/mol. The van der Waals surface area contributed by atoms with Crippen LogP contribution in [0.3, 0.4) is 0 Å². The van der Waals surface area contributed by atoms with E-state index in [0.29, 0.717) is 6.54 Å². The topological polar surface area (TPSA) is 72.9 Å². The van der Waals surface area contributed by atoms with Crippen molar-refractivity contribution < 1.29 is 4.79 Å². The number of hydrogen-bond donors (Lipinski definition) is 2. The third-order valence-electron chi connectivity index (χ3n) is 2.69. The Bertz CT molecular complexity index is 367. The Morgan fingerprint density at radius 3 is 2.94 bits per heavy atom. The van der Waals surface area contributed by atoms with Gasteiger partial charge in [0.25, 0.3) is 0 Å². The Morgan fingerprint density at radius 2 is 2.33 bits per heavy atom.